The van der Waals surface area contributed by atoms with Crippen molar-refractivity contribution in [1.29, 1.82) is 5.26 Å². The predicted octanol–water partition coefficient (Wildman–Crippen LogP) is 4.35. The molecule has 1 heterocycles. The Hall–Kier alpha value is -3.63. The van der Waals surface area contributed by atoms with Gasteiger partial charge in [0.2, 0.25) is 0 Å². The van der Waals surface area contributed by atoms with Crippen LogP contribution in [0.2, 0.25) is 10.0 Å². The number of rotatable bonds is 4. The SMILES string of the molecule is N#C/C(C(=O)Nc1ccccc1Cl)=c1\s/c(=C/c2ccccc2Cl)c(=O)n1-c1ccccc1. The van der Waals surface area contributed by atoms with Gasteiger partial charge in [0.25, 0.3) is 11.5 Å². The number of anilines is 1. The van der Waals surface area contributed by atoms with E-state index >= 15 is 0 Å². The van der Waals surface area contributed by atoms with Crippen molar-refractivity contribution in [2.45, 2.75) is 0 Å². The van der Waals surface area contributed by atoms with Gasteiger partial charge in [-0.2, -0.15) is 5.26 Å². The largest absolute Gasteiger partial charge is 0.320 e. The highest BCUT2D eigenvalue weighted by Gasteiger charge is 2.18. The second-order valence-electron chi connectivity index (χ2n) is 6.83. The van der Waals surface area contributed by atoms with Gasteiger partial charge in [-0.1, -0.05) is 71.7 Å². The van der Waals surface area contributed by atoms with Crippen molar-refractivity contribution in [2.75, 3.05) is 5.32 Å². The summed E-state index contributed by atoms with van der Waals surface area (Å²) in [7, 11) is 0. The molecule has 0 aliphatic rings. The molecule has 4 aromatic rings. The molecule has 0 spiro atoms. The molecule has 0 unspecified atom stereocenters. The van der Waals surface area contributed by atoms with Gasteiger partial charge in [-0.3, -0.25) is 14.2 Å². The molecule has 33 heavy (non-hydrogen) atoms. The minimum Gasteiger partial charge on any atom is -0.320 e. The summed E-state index contributed by atoms with van der Waals surface area (Å²) in [5.41, 5.74) is 0.984. The first-order chi connectivity index (χ1) is 16.0. The summed E-state index contributed by atoms with van der Waals surface area (Å²) >= 11 is 13.5. The topological polar surface area (TPSA) is 74.9 Å². The molecule has 0 saturated carbocycles. The van der Waals surface area contributed by atoms with Gasteiger partial charge in [0.15, 0.2) is 5.57 Å². The Morgan fingerprint density at radius 1 is 0.939 bits per heavy atom. The van der Waals surface area contributed by atoms with Crippen LogP contribution in [0, 0.1) is 11.3 Å². The van der Waals surface area contributed by atoms with Crippen LogP contribution in [0.3, 0.4) is 0 Å². The summed E-state index contributed by atoms with van der Waals surface area (Å²) in [6, 6.07) is 24.6. The highest BCUT2D eigenvalue weighted by molar-refractivity contribution is 7.07. The first-order valence-corrected chi connectivity index (χ1v) is 11.3. The monoisotopic (exact) mass is 491 g/mol. The summed E-state index contributed by atoms with van der Waals surface area (Å²) in [4.78, 5) is 26.4. The van der Waals surface area contributed by atoms with Crippen LogP contribution in [0.5, 0.6) is 0 Å². The van der Waals surface area contributed by atoms with Gasteiger partial charge in [0.1, 0.15) is 10.7 Å². The third-order valence-corrected chi connectivity index (χ3v) is 6.47. The number of amides is 1. The van der Waals surface area contributed by atoms with E-state index in [4.69, 9.17) is 23.2 Å². The molecule has 1 amide bonds. The van der Waals surface area contributed by atoms with Crippen molar-refractivity contribution in [3.63, 3.8) is 0 Å². The molecule has 8 heteroatoms. The Labute approximate surface area is 203 Å². The quantitative estimate of drug-likeness (QED) is 0.461. The molecule has 162 valence electrons. The standard InChI is InChI=1S/C25H15Cl2N3O2S/c26-19-11-5-4-8-16(19)14-22-24(32)30(17-9-2-1-3-10-17)25(33-22)18(15-28)23(31)29-21-13-7-6-12-20(21)27/h1-14H,(H,29,31)/b22-14+,25-18+. The van der Waals surface area contributed by atoms with E-state index in [0.29, 0.717) is 31.5 Å². The van der Waals surface area contributed by atoms with Gasteiger partial charge in [0, 0.05) is 5.02 Å². The van der Waals surface area contributed by atoms with Gasteiger partial charge >= 0.3 is 0 Å². The van der Waals surface area contributed by atoms with Crippen molar-refractivity contribution < 1.29 is 4.79 Å². The number of carbonyl (C=O) groups excluding carboxylic acids is 1. The van der Waals surface area contributed by atoms with E-state index in [1.165, 1.54) is 4.57 Å². The van der Waals surface area contributed by atoms with Crippen LogP contribution in [0.25, 0.3) is 17.3 Å². The van der Waals surface area contributed by atoms with E-state index in [2.05, 4.69) is 5.32 Å². The molecular formula is C25H15Cl2N3O2S. The van der Waals surface area contributed by atoms with E-state index < -0.39 is 5.91 Å². The van der Waals surface area contributed by atoms with Crippen LogP contribution in [-0.4, -0.2) is 10.5 Å². The Morgan fingerprint density at radius 2 is 1.58 bits per heavy atom. The average Bonchev–Trinajstić information content (AvgIpc) is 3.13. The van der Waals surface area contributed by atoms with Crippen LogP contribution in [0.4, 0.5) is 5.69 Å². The maximum atomic E-state index is 13.4. The zero-order chi connectivity index (χ0) is 23.4. The number of nitrogens with one attached hydrogen (secondary N) is 1. The van der Waals surface area contributed by atoms with Gasteiger partial charge in [-0.05, 0) is 42.0 Å². The molecule has 1 N–H and O–H groups in total. The van der Waals surface area contributed by atoms with Gasteiger partial charge in [0.05, 0.1) is 20.9 Å². The van der Waals surface area contributed by atoms with Crippen molar-refractivity contribution in [3.8, 4) is 11.8 Å². The summed E-state index contributed by atoms with van der Waals surface area (Å²) in [6.07, 6.45) is 1.65. The highest BCUT2D eigenvalue weighted by Crippen LogP contribution is 2.21. The van der Waals surface area contributed by atoms with Crippen molar-refractivity contribution in [3.05, 3.63) is 114 Å². The number of halogens is 2. The zero-order valence-corrected chi connectivity index (χ0v) is 19.3. The molecule has 0 bridgehead atoms. The minimum atomic E-state index is -0.666. The second kappa shape index (κ2) is 9.88. The molecule has 0 saturated heterocycles. The number of carbonyl (C=O) groups is 1. The molecule has 1 aromatic heterocycles. The van der Waals surface area contributed by atoms with Crippen LogP contribution in [0.15, 0.2) is 83.7 Å². The van der Waals surface area contributed by atoms with Crippen molar-refractivity contribution >= 4 is 57.8 Å². The Morgan fingerprint density at radius 3 is 2.24 bits per heavy atom. The summed E-state index contributed by atoms with van der Waals surface area (Å²) in [5, 5.41) is 13.4. The number of thiazole rings is 1. The van der Waals surface area contributed by atoms with E-state index in [-0.39, 0.29) is 15.8 Å². The number of nitriles is 1. The maximum absolute atomic E-state index is 13.4. The first kappa shape index (κ1) is 22.6. The first-order valence-electron chi connectivity index (χ1n) is 9.73. The van der Waals surface area contributed by atoms with Crippen LogP contribution >= 0.6 is 34.5 Å². The van der Waals surface area contributed by atoms with E-state index in [1.807, 2.05) is 18.2 Å². The number of hydrogen-bond donors (Lipinski definition) is 1. The number of aromatic nitrogens is 1. The Kier molecular flexibility index (Phi) is 6.76. The lowest BCUT2D eigenvalue weighted by Gasteiger charge is -2.07. The average molecular weight is 492 g/mol. The molecule has 4 rings (SSSR count). The van der Waals surface area contributed by atoms with Crippen molar-refractivity contribution in [1.82, 2.24) is 4.57 Å². The zero-order valence-electron chi connectivity index (χ0n) is 17.0. The summed E-state index contributed by atoms with van der Waals surface area (Å²) in [5.74, 6) is -0.666. The lowest BCUT2D eigenvalue weighted by molar-refractivity contribution is -0.111. The highest BCUT2D eigenvalue weighted by atomic mass is 35.5. The fourth-order valence-electron chi connectivity index (χ4n) is 3.14. The van der Waals surface area contributed by atoms with Crippen LogP contribution in [0.1, 0.15) is 5.56 Å². The van der Waals surface area contributed by atoms with Crippen molar-refractivity contribution in [2.24, 2.45) is 0 Å². The number of para-hydroxylation sites is 2. The molecule has 0 atom stereocenters. The molecular weight excluding hydrogens is 477 g/mol. The lowest BCUT2D eigenvalue weighted by Crippen LogP contribution is -2.32. The van der Waals surface area contributed by atoms with E-state index in [9.17, 15) is 14.9 Å². The summed E-state index contributed by atoms with van der Waals surface area (Å²) in [6.45, 7) is 0. The van der Waals surface area contributed by atoms with Gasteiger partial charge < -0.3 is 5.32 Å². The molecule has 3 aromatic carbocycles. The third-order valence-electron chi connectivity index (χ3n) is 4.70. The third kappa shape index (κ3) is 4.76. The second-order valence-corrected chi connectivity index (χ2v) is 8.68. The molecule has 5 nitrogen and oxygen atoms in total. The maximum Gasteiger partial charge on any atom is 0.273 e. The number of benzene rings is 3. The van der Waals surface area contributed by atoms with Gasteiger partial charge in [-0.15, -0.1) is 11.3 Å². The molecule has 0 fully saturated rings. The minimum absolute atomic E-state index is 0.205. The normalized spacial score (nSPS) is 12.2. The summed E-state index contributed by atoms with van der Waals surface area (Å²) < 4.78 is 1.90. The van der Waals surface area contributed by atoms with Gasteiger partial charge in [-0.25, -0.2) is 0 Å². The molecule has 0 aliphatic carbocycles. The molecule has 0 radical (unpaired) electrons. The smallest absolute Gasteiger partial charge is 0.273 e. The number of hydrogen-bond acceptors (Lipinski definition) is 4. The fraction of sp³-hybridized carbons (Fsp3) is 0. The van der Waals surface area contributed by atoms with Crippen LogP contribution < -0.4 is 20.1 Å². The lowest BCUT2D eigenvalue weighted by atomic mass is 10.2. The Balaban J connectivity index is 1.98. The Bertz CT molecular complexity index is 1570. The fourth-order valence-corrected chi connectivity index (χ4v) is 4.60. The predicted molar refractivity (Wildman–Crippen MR) is 133 cm³/mol. The van der Waals surface area contributed by atoms with E-state index in [0.717, 1.165) is 11.3 Å². The number of nitrogens with zero attached hydrogens (tertiary/aromatic N) is 2. The van der Waals surface area contributed by atoms with E-state index in [1.54, 1.807) is 72.8 Å². The molecule has 0 aliphatic heterocycles. The van der Waals surface area contributed by atoms with Crippen LogP contribution in [-0.2, 0) is 4.79 Å².